The van der Waals surface area contributed by atoms with Gasteiger partial charge >= 0.3 is 0 Å². The van der Waals surface area contributed by atoms with E-state index in [1.165, 1.54) is 11.8 Å². The Hall–Kier alpha value is -2.58. The number of carbonyl (C=O) groups excluding carboxylic acids is 2. The summed E-state index contributed by atoms with van der Waals surface area (Å²) in [6.45, 7) is 6.47. The summed E-state index contributed by atoms with van der Waals surface area (Å²) < 4.78 is 7.27. The first kappa shape index (κ1) is 22.6. The number of fused-ring (bicyclic) bond motifs is 1. The summed E-state index contributed by atoms with van der Waals surface area (Å²) in [6.07, 6.45) is 2.17. The van der Waals surface area contributed by atoms with Gasteiger partial charge in [-0.05, 0) is 68.1 Å². The number of nitrogens with zero attached hydrogens (tertiary/aromatic N) is 2. The molecular formula is C24H27N3O3S2. The lowest BCUT2D eigenvalue weighted by Gasteiger charge is -2.30. The largest absolute Gasteiger partial charge is 0.494 e. The van der Waals surface area contributed by atoms with Crippen LogP contribution >= 0.6 is 23.1 Å². The maximum Gasteiger partial charge on any atom is 0.255 e. The van der Waals surface area contributed by atoms with Crippen LogP contribution in [0.5, 0.6) is 5.75 Å². The molecule has 2 aromatic carbocycles. The van der Waals surface area contributed by atoms with Gasteiger partial charge in [-0.3, -0.25) is 9.59 Å². The zero-order valence-corrected chi connectivity index (χ0v) is 19.9. The quantitative estimate of drug-likeness (QED) is 0.476. The van der Waals surface area contributed by atoms with E-state index in [2.05, 4.69) is 17.2 Å². The Bertz CT molecular complexity index is 1090. The number of hydrogen-bond acceptors (Lipinski definition) is 6. The number of rotatable bonds is 7. The third-order valence-corrected chi connectivity index (χ3v) is 7.66. The van der Waals surface area contributed by atoms with Gasteiger partial charge in [0.2, 0.25) is 5.91 Å². The highest BCUT2D eigenvalue weighted by molar-refractivity contribution is 8.01. The van der Waals surface area contributed by atoms with Crippen molar-refractivity contribution in [3.05, 3.63) is 48.0 Å². The molecule has 4 rings (SSSR count). The molecule has 0 atom stereocenters. The number of ether oxygens (including phenoxy) is 1. The number of amides is 2. The molecule has 0 aliphatic carbocycles. The van der Waals surface area contributed by atoms with Crippen molar-refractivity contribution >= 4 is 50.8 Å². The van der Waals surface area contributed by atoms with Gasteiger partial charge in [-0.25, -0.2) is 4.98 Å². The van der Waals surface area contributed by atoms with Gasteiger partial charge in [-0.15, -0.1) is 11.3 Å². The predicted octanol–water partition coefficient (Wildman–Crippen LogP) is 5.30. The average Bonchev–Trinajstić information content (AvgIpc) is 3.21. The monoisotopic (exact) mass is 469 g/mol. The second-order valence-electron chi connectivity index (χ2n) is 7.93. The number of thioether (sulfide) groups is 1. The molecule has 1 saturated heterocycles. The number of likely N-dealkylation sites (tertiary alicyclic amines) is 1. The van der Waals surface area contributed by atoms with Gasteiger partial charge < -0.3 is 15.0 Å². The lowest BCUT2D eigenvalue weighted by atomic mass is 9.99. The molecule has 8 heteroatoms. The SMILES string of the molecule is CCOc1ccc(C(=O)Nc2ccc3nc(SCC(=O)N4CCC(C)CC4)sc3c2)cc1. The van der Waals surface area contributed by atoms with Crippen molar-refractivity contribution in [2.75, 3.05) is 30.8 Å². The summed E-state index contributed by atoms with van der Waals surface area (Å²) in [5.74, 6) is 1.88. The second-order valence-corrected chi connectivity index (χ2v) is 10.2. The fourth-order valence-corrected chi connectivity index (χ4v) is 5.60. The van der Waals surface area contributed by atoms with Crippen molar-refractivity contribution < 1.29 is 14.3 Å². The lowest BCUT2D eigenvalue weighted by Crippen LogP contribution is -2.38. The Balaban J connectivity index is 1.36. The van der Waals surface area contributed by atoms with Gasteiger partial charge in [-0.2, -0.15) is 0 Å². The molecule has 1 fully saturated rings. The van der Waals surface area contributed by atoms with Gasteiger partial charge in [0.1, 0.15) is 5.75 Å². The molecule has 0 unspecified atom stereocenters. The normalized spacial score (nSPS) is 14.5. The molecule has 1 aliphatic rings. The van der Waals surface area contributed by atoms with Crippen LogP contribution in [0.3, 0.4) is 0 Å². The molecule has 6 nitrogen and oxygen atoms in total. The Morgan fingerprint density at radius 1 is 1.19 bits per heavy atom. The number of hydrogen-bond donors (Lipinski definition) is 1. The van der Waals surface area contributed by atoms with Gasteiger partial charge in [0.15, 0.2) is 4.34 Å². The van der Waals surface area contributed by atoms with Crippen LogP contribution in [0.25, 0.3) is 10.2 Å². The summed E-state index contributed by atoms with van der Waals surface area (Å²) in [5.41, 5.74) is 2.16. The summed E-state index contributed by atoms with van der Waals surface area (Å²) >= 11 is 3.03. The standard InChI is InChI=1S/C24H27N3O3S2/c1-3-30-19-7-4-17(5-8-19)23(29)25-18-6-9-20-21(14-18)32-24(26-20)31-15-22(28)27-12-10-16(2)11-13-27/h4-9,14,16H,3,10-13,15H2,1-2H3,(H,25,29). The van der Waals surface area contributed by atoms with E-state index in [4.69, 9.17) is 4.74 Å². The number of thiazole rings is 1. The minimum atomic E-state index is -0.173. The Kier molecular flexibility index (Phi) is 7.32. The zero-order chi connectivity index (χ0) is 22.5. The van der Waals surface area contributed by atoms with Crippen LogP contribution in [-0.2, 0) is 4.79 Å². The summed E-state index contributed by atoms with van der Waals surface area (Å²) in [6, 6.07) is 12.8. The summed E-state index contributed by atoms with van der Waals surface area (Å²) in [4.78, 5) is 31.6. The molecule has 32 heavy (non-hydrogen) atoms. The average molecular weight is 470 g/mol. The fourth-order valence-electron chi connectivity index (χ4n) is 3.59. The molecule has 0 saturated carbocycles. The van der Waals surface area contributed by atoms with Crippen molar-refractivity contribution in [2.24, 2.45) is 5.92 Å². The number of aromatic nitrogens is 1. The van der Waals surface area contributed by atoms with Crippen LogP contribution in [-0.4, -0.2) is 47.1 Å². The number of nitrogens with one attached hydrogen (secondary N) is 1. The molecule has 1 N–H and O–H groups in total. The van der Waals surface area contributed by atoms with Crippen LogP contribution in [0, 0.1) is 5.92 Å². The van der Waals surface area contributed by atoms with Crippen molar-refractivity contribution in [3.8, 4) is 5.75 Å². The maximum absolute atomic E-state index is 12.6. The minimum Gasteiger partial charge on any atom is -0.494 e. The highest BCUT2D eigenvalue weighted by Gasteiger charge is 2.20. The van der Waals surface area contributed by atoms with Crippen molar-refractivity contribution in [1.29, 1.82) is 0 Å². The van der Waals surface area contributed by atoms with E-state index >= 15 is 0 Å². The van der Waals surface area contributed by atoms with Crippen molar-refractivity contribution in [1.82, 2.24) is 9.88 Å². The highest BCUT2D eigenvalue weighted by atomic mass is 32.2. The number of carbonyl (C=O) groups is 2. The molecular weight excluding hydrogens is 442 g/mol. The Morgan fingerprint density at radius 3 is 2.66 bits per heavy atom. The van der Waals surface area contributed by atoms with E-state index < -0.39 is 0 Å². The van der Waals surface area contributed by atoms with Crippen LogP contribution in [0.15, 0.2) is 46.8 Å². The highest BCUT2D eigenvalue weighted by Crippen LogP contribution is 2.32. The molecule has 1 aliphatic heterocycles. The topological polar surface area (TPSA) is 71.5 Å². The predicted molar refractivity (Wildman–Crippen MR) is 131 cm³/mol. The van der Waals surface area contributed by atoms with Crippen LogP contribution in [0.4, 0.5) is 5.69 Å². The van der Waals surface area contributed by atoms with Gasteiger partial charge in [0, 0.05) is 24.3 Å². The number of benzene rings is 2. The van der Waals surface area contributed by atoms with Gasteiger partial charge in [0.25, 0.3) is 5.91 Å². The maximum atomic E-state index is 12.6. The third-order valence-electron chi connectivity index (χ3n) is 5.51. The first-order valence-corrected chi connectivity index (χ1v) is 12.7. The zero-order valence-electron chi connectivity index (χ0n) is 18.3. The fraction of sp³-hybridized carbons (Fsp3) is 0.375. The van der Waals surface area contributed by atoms with Gasteiger partial charge in [-0.1, -0.05) is 18.7 Å². The second kappa shape index (κ2) is 10.4. The lowest BCUT2D eigenvalue weighted by molar-refractivity contribution is -0.129. The molecule has 0 bridgehead atoms. The number of piperidine rings is 1. The first-order chi connectivity index (χ1) is 15.5. The molecule has 0 spiro atoms. The molecule has 2 amide bonds. The van der Waals surface area contributed by atoms with Crippen LogP contribution in [0.2, 0.25) is 0 Å². The Morgan fingerprint density at radius 2 is 1.94 bits per heavy atom. The smallest absolute Gasteiger partial charge is 0.255 e. The van der Waals surface area contributed by atoms with E-state index in [0.717, 1.165) is 51.9 Å². The third kappa shape index (κ3) is 5.61. The first-order valence-electron chi connectivity index (χ1n) is 10.9. The Labute approximate surface area is 196 Å². The van der Waals surface area contributed by atoms with E-state index in [9.17, 15) is 9.59 Å². The summed E-state index contributed by atoms with van der Waals surface area (Å²) in [7, 11) is 0. The van der Waals surface area contributed by atoms with Crippen molar-refractivity contribution in [3.63, 3.8) is 0 Å². The molecule has 1 aromatic heterocycles. The molecule has 2 heterocycles. The minimum absolute atomic E-state index is 0.173. The number of anilines is 1. The van der Waals surface area contributed by atoms with Crippen molar-refractivity contribution in [2.45, 2.75) is 31.0 Å². The molecule has 3 aromatic rings. The van der Waals surface area contributed by atoms with E-state index in [1.54, 1.807) is 35.6 Å². The molecule has 168 valence electrons. The van der Waals surface area contributed by atoms with Crippen LogP contribution < -0.4 is 10.1 Å². The van der Waals surface area contributed by atoms with Gasteiger partial charge in [0.05, 0.1) is 22.6 Å². The molecule has 0 radical (unpaired) electrons. The van der Waals surface area contributed by atoms with E-state index in [-0.39, 0.29) is 11.8 Å². The van der Waals surface area contributed by atoms with Crippen LogP contribution in [0.1, 0.15) is 37.0 Å². The summed E-state index contributed by atoms with van der Waals surface area (Å²) in [5, 5.41) is 2.94. The van der Waals surface area contributed by atoms with E-state index in [0.29, 0.717) is 23.8 Å². The van der Waals surface area contributed by atoms with E-state index in [1.807, 2.05) is 30.0 Å².